The van der Waals surface area contributed by atoms with Crippen LogP contribution in [0.4, 0.5) is 11.5 Å². The van der Waals surface area contributed by atoms with Crippen LogP contribution < -0.4 is 14.8 Å². The van der Waals surface area contributed by atoms with E-state index < -0.39 is 5.97 Å². The number of anilines is 2. The Hall–Kier alpha value is -4.14. The number of H-pyrrole nitrogens is 1. The Balaban J connectivity index is 1.74. The zero-order chi connectivity index (χ0) is 20.4. The summed E-state index contributed by atoms with van der Waals surface area (Å²) in [5.41, 5.74) is 2.89. The first-order chi connectivity index (χ1) is 14.1. The Morgan fingerprint density at radius 1 is 1.03 bits per heavy atom. The number of hydrogen-bond acceptors (Lipinski definition) is 7. The average molecular weight is 391 g/mol. The third kappa shape index (κ3) is 3.53. The number of aromatic nitrogens is 4. The van der Waals surface area contributed by atoms with Crippen molar-refractivity contribution < 1.29 is 19.4 Å². The van der Waals surface area contributed by atoms with E-state index in [1.165, 1.54) is 12.1 Å². The molecule has 2 heterocycles. The molecule has 4 aromatic rings. The van der Waals surface area contributed by atoms with Gasteiger partial charge < -0.3 is 19.9 Å². The highest BCUT2D eigenvalue weighted by Crippen LogP contribution is 2.32. The van der Waals surface area contributed by atoms with Gasteiger partial charge in [-0.1, -0.05) is 12.1 Å². The minimum absolute atomic E-state index is 0.196. The minimum atomic E-state index is -0.987. The van der Waals surface area contributed by atoms with Gasteiger partial charge in [-0.15, -0.1) is 0 Å². The maximum absolute atomic E-state index is 11.1. The number of fused-ring (bicyclic) bond motifs is 1. The van der Waals surface area contributed by atoms with Gasteiger partial charge in [-0.05, 0) is 24.3 Å². The van der Waals surface area contributed by atoms with Crippen LogP contribution in [0.2, 0.25) is 0 Å². The van der Waals surface area contributed by atoms with E-state index in [9.17, 15) is 4.79 Å². The van der Waals surface area contributed by atoms with E-state index in [-0.39, 0.29) is 5.56 Å². The second-order valence-electron chi connectivity index (χ2n) is 6.10. The highest BCUT2D eigenvalue weighted by Gasteiger charge is 2.13. The summed E-state index contributed by atoms with van der Waals surface area (Å²) < 4.78 is 10.6. The van der Waals surface area contributed by atoms with Crippen molar-refractivity contribution in [1.82, 2.24) is 20.2 Å². The van der Waals surface area contributed by atoms with E-state index in [4.69, 9.17) is 14.6 Å². The summed E-state index contributed by atoms with van der Waals surface area (Å²) in [5.74, 6) is 1.18. The summed E-state index contributed by atoms with van der Waals surface area (Å²) in [5, 5.41) is 19.3. The maximum Gasteiger partial charge on any atom is 0.335 e. The Bertz CT molecular complexity index is 1190. The van der Waals surface area contributed by atoms with E-state index in [0.29, 0.717) is 39.7 Å². The molecule has 0 saturated heterocycles. The van der Waals surface area contributed by atoms with Crippen molar-refractivity contribution in [3.05, 3.63) is 54.2 Å². The highest BCUT2D eigenvalue weighted by atomic mass is 16.5. The van der Waals surface area contributed by atoms with Crippen LogP contribution in [0.3, 0.4) is 0 Å². The van der Waals surface area contributed by atoms with Crippen LogP contribution in [0.25, 0.3) is 22.4 Å². The third-order valence-corrected chi connectivity index (χ3v) is 4.34. The Labute approximate surface area is 165 Å². The van der Waals surface area contributed by atoms with Crippen molar-refractivity contribution >= 4 is 28.5 Å². The summed E-state index contributed by atoms with van der Waals surface area (Å²) in [6.45, 7) is 0. The molecule has 0 unspecified atom stereocenters. The molecular formula is C20H17N5O4. The molecule has 0 atom stereocenters. The number of aromatic carboxylic acids is 1. The van der Waals surface area contributed by atoms with Crippen LogP contribution in [0.1, 0.15) is 10.4 Å². The minimum Gasteiger partial charge on any atom is -0.493 e. The number of nitrogens with zero attached hydrogens (tertiary/aromatic N) is 3. The van der Waals surface area contributed by atoms with Crippen LogP contribution in [0.5, 0.6) is 11.5 Å². The van der Waals surface area contributed by atoms with Gasteiger partial charge in [0, 0.05) is 17.3 Å². The second kappa shape index (κ2) is 7.47. The molecule has 29 heavy (non-hydrogen) atoms. The molecule has 4 rings (SSSR count). The van der Waals surface area contributed by atoms with Crippen LogP contribution in [0, 0.1) is 0 Å². The molecule has 0 spiro atoms. The first kappa shape index (κ1) is 18.2. The van der Waals surface area contributed by atoms with Crippen molar-refractivity contribution in [2.75, 3.05) is 19.5 Å². The summed E-state index contributed by atoms with van der Waals surface area (Å²) in [6, 6.07) is 11.8. The molecule has 0 bridgehead atoms. The van der Waals surface area contributed by atoms with E-state index >= 15 is 0 Å². The SMILES string of the molecule is COc1ccc(Nc2nc(-c3ccc(C(=O)O)cc3)nc3cn[nH]c23)cc1OC. The smallest absolute Gasteiger partial charge is 0.335 e. The van der Waals surface area contributed by atoms with E-state index in [2.05, 4.69) is 25.5 Å². The van der Waals surface area contributed by atoms with Crippen LogP contribution >= 0.6 is 0 Å². The topological polar surface area (TPSA) is 122 Å². The van der Waals surface area contributed by atoms with Gasteiger partial charge in [0.25, 0.3) is 0 Å². The van der Waals surface area contributed by atoms with E-state index in [0.717, 1.165) is 5.69 Å². The summed E-state index contributed by atoms with van der Waals surface area (Å²) in [6.07, 6.45) is 1.60. The molecule has 0 radical (unpaired) electrons. The number of nitrogens with one attached hydrogen (secondary N) is 2. The first-order valence-electron chi connectivity index (χ1n) is 8.63. The van der Waals surface area contributed by atoms with E-state index in [1.54, 1.807) is 44.7 Å². The van der Waals surface area contributed by atoms with Crippen molar-refractivity contribution in [3.8, 4) is 22.9 Å². The fourth-order valence-corrected chi connectivity index (χ4v) is 2.87. The average Bonchev–Trinajstić information content (AvgIpc) is 3.22. The van der Waals surface area contributed by atoms with Crippen LogP contribution in [-0.2, 0) is 0 Å². The molecular weight excluding hydrogens is 374 g/mol. The number of ether oxygens (including phenoxy) is 2. The molecule has 0 saturated carbocycles. The fraction of sp³-hybridized carbons (Fsp3) is 0.100. The Morgan fingerprint density at radius 2 is 1.79 bits per heavy atom. The Morgan fingerprint density at radius 3 is 2.48 bits per heavy atom. The van der Waals surface area contributed by atoms with Crippen molar-refractivity contribution in [1.29, 1.82) is 0 Å². The number of rotatable bonds is 6. The number of carboxylic acids is 1. The lowest BCUT2D eigenvalue weighted by Gasteiger charge is -2.12. The largest absolute Gasteiger partial charge is 0.493 e. The molecule has 146 valence electrons. The van der Waals surface area contributed by atoms with Crippen LogP contribution in [-0.4, -0.2) is 45.5 Å². The number of benzene rings is 2. The van der Waals surface area contributed by atoms with Gasteiger partial charge in [0.15, 0.2) is 23.1 Å². The third-order valence-electron chi connectivity index (χ3n) is 4.34. The molecule has 0 amide bonds. The van der Waals surface area contributed by atoms with Gasteiger partial charge in [-0.3, -0.25) is 5.10 Å². The predicted octanol–water partition coefficient (Wildman–Crippen LogP) is 3.48. The predicted molar refractivity (Wildman–Crippen MR) is 107 cm³/mol. The lowest BCUT2D eigenvalue weighted by molar-refractivity contribution is 0.0697. The lowest BCUT2D eigenvalue weighted by Crippen LogP contribution is -2.00. The second-order valence-corrected chi connectivity index (χ2v) is 6.10. The molecule has 2 aromatic carbocycles. The molecule has 3 N–H and O–H groups in total. The standard InChI is InChI=1S/C20H17N5O4/c1-28-15-8-7-13(9-16(15)29-2)22-19-17-14(10-21-25-17)23-18(24-19)11-3-5-12(6-4-11)20(26)27/h3-10H,1-2H3,(H,21,25)(H,26,27)(H,22,23,24). The molecule has 9 nitrogen and oxygen atoms in total. The zero-order valence-electron chi connectivity index (χ0n) is 15.6. The van der Waals surface area contributed by atoms with Gasteiger partial charge >= 0.3 is 5.97 Å². The van der Waals surface area contributed by atoms with Crippen molar-refractivity contribution in [3.63, 3.8) is 0 Å². The number of methoxy groups -OCH3 is 2. The van der Waals surface area contributed by atoms with Gasteiger partial charge in [0.1, 0.15) is 11.0 Å². The molecule has 0 aliphatic rings. The van der Waals surface area contributed by atoms with E-state index in [1.807, 2.05) is 6.07 Å². The number of hydrogen-bond donors (Lipinski definition) is 3. The lowest BCUT2D eigenvalue weighted by atomic mass is 10.1. The highest BCUT2D eigenvalue weighted by molar-refractivity contribution is 5.90. The summed E-state index contributed by atoms with van der Waals surface area (Å²) in [7, 11) is 3.14. The summed E-state index contributed by atoms with van der Waals surface area (Å²) in [4.78, 5) is 20.2. The molecule has 9 heteroatoms. The normalized spacial score (nSPS) is 10.7. The quantitative estimate of drug-likeness (QED) is 0.457. The zero-order valence-corrected chi connectivity index (χ0v) is 15.6. The molecule has 0 fully saturated rings. The van der Waals surface area contributed by atoms with Crippen molar-refractivity contribution in [2.45, 2.75) is 0 Å². The van der Waals surface area contributed by atoms with Gasteiger partial charge in [0.2, 0.25) is 0 Å². The first-order valence-corrected chi connectivity index (χ1v) is 8.63. The van der Waals surface area contributed by atoms with Crippen LogP contribution in [0.15, 0.2) is 48.7 Å². The maximum atomic E-state index is 11.1. The molecule has 0 aliphatic heterocycles. The number of aromatic amines is 1. The number of carboxylic acid groups (broad SMARTS) is 1. The number of carbonyl (C=O) groups is 1. The van der Waals surface area contributed by atoms with Gasteiger partial charge in [-0.2, -0.15) is 5.10 Å². The molecule has 2 aromatic heterocycles. The monoisotopic (exact) mass is 391 g/mol. The molecule has 0 aliphatic carbocycles. The van der Waals surface area contributed by atoms with Gasteiger partial charge in [0.05, 0.1) is 26.0 Å². The van der Waals surface area contributed by atoms with Gasteiger partial charge in [-0.25, -0.2) is 14.8 Å². The fourth-order valence-electron chi connectivity index (χ4n) is 2.87. The Kier molecular flexibility index (Phi) is 4.70. The van der Waals surface area contributed by atoms with Crippen molar-refractivity contribution in [2.24, 2.45) is 0 Å². The summed E-state index contributed by atoms with van der Waals surface area (Å²) >= 11 is 0.